The molecule has 45 heavy (non-hydrogen) atoms. The van der Waals surface area contributed by atoms with Crippen molar-refractivity contribution in [2.24, 2.45) is 5.92 Å². The maximum atomic E-state index is 14.4. The summed E-state index contributed by atoms with van der Waals surface area (Å²) in [5.74, 6) is -1.03. The van der Waals surface area contributed by atoms with Crippen LogP contribution in [0.25, 0.3) is 0 Å². The monoisotopic (exact) mass is 625 g/mol. The van der Waals surface area contributed by atoms with Gasteiger partial charge in [0.25, 0.3) is 0 Å². The summed E-state index contributed by atoms with van der Waals surface area (Å²) in [6.45, 7) is 15.9. The second kappa shape index (κ2) is 12.3. The van der Waals surface area contributed by atoms with E-state index in [0.29, 0.717) is 56.0 Å². The summed E-state index contributed by atoms with van der Waals surface area (Å²) in [6, 6.07) is 4.93. The number of halogens is 2. The van der Waals surface area contributed by atoms with Crippen molar-refractivity contribution in [3.8, 4) is 0 Å². The van der Waals surface area contributed by atoms with E-state index in [1.165, 1.54) is 12.1 Å². The number of rotatable bonds is 6. The molecule has 0 aliphatic carbocycles. The molecule has 11 heteroatoms. The largest absolute Gasteiger partial charge is 0.444 e. The molecule has 0 radical (unpaired) electrons. The Balaban J connectivity index is 1.37. The lowest BCUT2D eigenvalue weighted by Gasteiger charge is -2.46. The van der Waals surface area contributed by atoms with E-state index in [2.05, 4.69) is 11.8 Å². The minimum absolute atomic E-state index is 0.0858. The van der Waals surface area contributed by atoms with Gasteiger partial charge in [-0.15, -0.1) is 0 Å². The van der Waals surface area contributed by atoms with Gasteiger partial charge in [-0.05, 0) is 56.9 Å². The number of ether oxygens (including phenoxy) is 1. The van der Waals surface area contributed by atoms with Gasteiger partial charge in [0, 0.05) is 75.3 Å². The smallest absolute Gasteiger partial charge is 0.410 e. The Bertz CT molecular complexity index is 1470. The molecular weight excluding hydrogens is 580 g/mol. The molecule has 2 aromatic rings. The van der Waals surface area contributed by atoms with Gasteiger partial charge in [-0.1, -0.05) is 26.8 Å². The summed E-state index contributed by atoms with van der Waals surface area (Å²) in [6.07, 6.45) is 2.00. The normalized spacial score (nSPS) is 23.4. The molecule has 0 saturated carbocycles. The molecule has 3 aliphatic rings. The zero-order valence-corrected chi connectivity index (χ0v) is 27.4. The standard InChI is InChI=1S/C34H45F2N5O4/c1-21-10-29(42)39(15-21)17-26-18-40(32(44)45-33(3,4)5)22(2)16-38(26)19-30(43)41-20-34(6,7)31-28(41)12-23(14-37-31)11-24-8-9-25(35)13-27(24)36/h8-9,12-14,21-22,26H,10-11,15-20H2,1-7H3/t21?,22-,26+/m1/s1. The van der Waals surface area contributed by atoms with Crippen molar-refractivity contribution >= 4 is 23.6 Å². The molecule has 1 unspecified atom stereocenters. The predicted octanol–water partition coefficient (Wildman–Crippen LogP) is 4.75. The quantitative estimate of drug-likeness (QED) is 0.461. The molecular formula is C34H45F2N5O4. The van der Waals surface area contributed by atoms with Crippen LogP contribution in [0.4, 0.5) is 19.3 Å². The first-order valence-corrected chi connectivity index (χ1v) is 15.8. The zero-order valence-electron chi connectivity index (χ0n) is 27.4. The Hall–Kier alpha value is -3.60. The summed E-state index contributed by atoms with van der Waals surface area (Å²) >= 11 is 0. The number of pyridine rings is 1. The van der Waals surface area contributed by atoms with Crippen molar-refractivity contribution < 1.29 is 27.9 Å². The van der Waals surface area contributed by atoms with Crippen molar-refractivity contribution in [3.63, 3.8) is 0 Å². The average Bonchev–Trinajstić information content (AvgIpc) is 3.39. The highest BCUT2D eigenvalue weighted by atomic mass is 19.1. The maximum absolute atomic E-state index is 14.4. The molecule has 4 heterocycles. The van der Waals surface area contributed by atoms with Crippen LogP contribution in [0.3, 0.4) is 0 Å². The summed E-state index contributed by atoms with van der Waals surface area (Å²) in [4.78, 5) is 52.1. The molecule has 9 nitrogen and oxygen atoms in total. The van der Waals surface area contributed by atoms with E-state index in [4.69, 9.17) is 9.72 Å². The van der Waals surface area contributed by atoms with Gasteiger partial charge in [0.05, 0.1) is 17.9 Å². The third-order valence-electron chi connectivity index (χ3n) is 8.88. The molecule has 5 rings (SSSR count). The molecule has 3 amide bonds. The van der Waals surface area contributed by atoms with Crippen LogP contribution in [-0.2, 0) is 26.2 Å². The number of piperazine rings is 1. The number of hydrogen-bond acceptors (Lipinski definition) is 6. The van der Waals surface area contributed by atoms with Crippen molar-refractivity contribution in [1.29, 1.82) is 0 Å². The van der Waals surface area contributed by atoms with E-state index in [0.717, 1.165) is 11.8 Å². The van der Waals surface area contributed by atoms with Crippen LogP contribution in [-0.4, -0.2) is 94.5 Å². The molecule has 0 N–H and O–H groups in total. The topological polar surface area (TPSA) is 86.3 Å². The molecule has 244 valence electrons. The second-order valence-electron chi connectivity index (χ2n) is 14.7. The lowest BCUT2D eigenvalue weighted by Crippen LogP contribution is -2.63. The van der Waals surface area contributed by atoms with Crippen LogP contribution in [0.15, 0.2) is 30.5 Å². The van der Waals surface area contributed by atoms with E-state index in [9.17, 15) is 23.2 Å². The predicted molar refractivity (Wildman–Crippen MR) is 167 cm³/mol. The number of aromatic nitrogens is 1. The third-order valence-corrected chi connectivity index (χ3v) is 8.88. The van der Waals surface area contributed by atoms with Crippen LogP contribution in [0.5, 0.6) is 0 Å². The number of fused-ring (bicyclic) bond motifs is 1. The van der Waals surface area contributed by atoms with E-state index >= 15 is 0 Å². The molecule has 3 atom stereocenters. The van der Waals surface area contributed by atoms with Gasteiger partial charge in [0.15, 0.2) is 0 Å². The third kappa shape index (κ3) is 7.29. The van der Waals surface area contributed by atoms with Crippen molar-refractivity contribution in [2.45, 2.75) is 84.4 Å². The number of amides is 3. The Morgan fingerprint density at radius 1 is 1.09 bits per heavy atom. The zero-order chi connectivity index (χ0) is 32.8. The molecule has 2 fully saturated rings. The van der Waals surface area contributed by atoms with Crippen LogP contribution in [0.2, 0.25) is 0 Å². The average molecular weight is 626 g/mol. The SMILES string of the molecule is CC1CC(=O)N(C[C@H]2CN(C(=O)OC(C)(C)C)[C@H](C)CN2CC(=O)N2CC(C)(C)c3ncc(Cc4ccc(F)cc4F)cc32)C1. The maximum Gasteiger partial charge on any atom is 0.410 e. The number of likely N-dealkylation sites (tertiary alicyclic amines) is 1. The van der Waals surface area contributed by atoms with Gasteiger partial charge in [-0.2, -0.15) is 0 Å². The Morgan fingerprint density at radius 2 is 1.82 bits per heavy atom. The minimum Gasteiger partial charge on any atom is -0.444 e. The molecule has 0 spiro atoms. The van der Waals surface area contributed by atoms with E-state index in [1.54, 1.807) is 16.0 Å². The first-order chi connectivity index (χ1) is 21.0. The molecule has 3 aliphatic heterocycles. The Kier molecular flexibility index (Phi) is 8.96. The van der Waals surface area contributed by atoms with Gasteiger partial charge < -0.3 is 19.4 Å². The molecule has 1 aromatic heterocycles. The second-order valence-corrected chi connectivity index (χ2v) is 14.7. The Morgan fingerprint density at radius 3 is 2.47 bits per heavy atom. The Labute approximate surface area is 264 Å². The summed E-state index contributed by atoms with van der Waals surface area (Å²) < 4.78 is 33.6. The van der Waals surface area contributed by atoms with Crippen LogP contribution >= 0.6 is 0 Å². The van der Waals surface area contributed by atoms with Crippen LogP contribution in [0, 0.1) is 17.6 Å². The lowest BCUT2D eigenvalue weighted by molar-refractivity contribution is -0.129. The number of carbonyl (C=O) groups is 3. The number of anilines is 1. The lowest BCUT2D eigenvalue weighted by atomic mass is 9.91. The fraction of sp³-hybridized carbons (Fsp3) is 0.588. The van der Waals surface area contributed by atoms with Crippen molar-refractivity contribution in [3.05, 3.63) is 58.9 Å². The van der Waals surface area contributed by atoms with Gasteiger partial charge in [0.2, 0.25) is 11.8 Å². The number of hydrogen-bond donors (Lipinski definition) is 0. The number of nitrogens with zero attached hydrogens (tertiary/aromatic N) is 5. The highest BCUT2D eigenvalue weighted by Gasteiger charge is 2.43. The summed E-state index contributed by atoms with van der Waals surface area (Å²) in [5, 5.41) is 0. The van der Waals surface area contributed by atoms with E-state index in [-0.39, 0.29) is 42.8 Å². The molecule has 0 bridgehead atoms. The van der Waals surface area contributed by atoms with E-state index < -0.39 is 28.7 Å². The first-order valence-electron chi connectivity index (χ1n) is 15.8. The fourth-order valence-corrected chi connectivity index (χ4v) is 6.69. The highest BCUT2D eigenvalue weighted by Crippen LogP contribution is 2.40. The van der Waals surface area contributed by atoms with Crippen molar-refractivity contribution in [1.82, 2.24) is 19.7 Å². The fourth-order valence-electron chi connectivity index (χ4n) is 6.69. The first kappa shape index (κ1) is 32.8. The minimum atomic E-state index is -0.648. The van der Waals surface area contributed by atoms with Gasteiger partial charge in [-0.25, -0.2) is 13.6 Å². The van der Waals surface area contributed by atoms with Crippen LogP contribution in [0.1, 0.15) is 71.7 Å². The highest BCUT2D eigenvalue weighted by molar-refractivity contribution is 5.97. The van der Waals surface area contributed by atoms with E-state index in [1.807, 2.05) is 52.5 Å². The van der Waals surface area contributed by atoms with Gasteiger partial charge >= 0.3 is 6.09 Å². The number of carbonyl (C=O) groups excluding carboxylic acids is 3. The van der Waals surface area contributed by atoms with Crippen molar-refractivity contribution in [2.75, 3.05) is 44.2 Å². The molecule has 1 aromatic carbocycles. The van der Waals surface area contributed by atoms with Gasteiger partial charge in [0.1, 0.15) is 17.2 Å². The molecule has 2 saturated heterocycles. The van der Waals surface area contributed by atoms with Gasteiger partial charge in [-0.3, -0.25) is 19.5 Å². The summed E-state index contributed by atoms with van der Waals surface area (Å²) in [5.41, 5.74) is 1.49. The van der Waals surface area contributed by atoms with Crippen LogP contribution < -0.4 is 4.90 Å². The number of benzene rings is 1. The summed E-state index contributed by atoms with van der Waals surface area (Å²) in [7, 11) is 0.